The minimum Gasteiger partial charge on any atom is -0.465 e. The fourth-order valence-corrected chi connectivity index (χ4v) is 0.848. The van der Waals surface area contributed by atoms with Gasteiger partial charge in [0.15, 0.2) is 0 Å². The van der Waals surface area contributed by atoms with E-state index in [1.165, 1.54) is 0 Å². The number of amides is 1. The van der Waals surface area contributed by atoms with Crippen LogP contribution in [0.15, 0.2) is 24.3 Å². The Morgan fingerprint density at radius 3 is 2.42 bits per heavy atom. The van der Waals surface area contributed by atoms with Gasteiger partial charge in [-0.25, -0.2) is 4.79 Å². The van der Waals surface area contributed by atoms with Crippen molar-refractivity contribution < 1.29 is 9.90 Å². The molecule has 4 N–H and O–H groups in total. The molecule has 0 aliphatic rings. The molecule has 1 rings (SSSR count). The van der Waals surface area contributed by atoms with Gasteiger partial charge in [-0.3, -0.25) is 5.32 Å². The van der Waals surface area contributed by atoms with Crippen molar-refractivity contribution >= 4 is 11.8 Å². The molecule has 1 amide bonds. The van der Waals surface area contributed by atoms with E-state index >= 15 is 0 Å². The highest BCUT2D eigenvalue weighted by molar-refractivity contribution is 5.82. The number of hydrogen-bond donors (Lipinski definition) is 3. The summed E-state index contributed by atoms with van der Waals surface area (Å²) in [5, 5.41) is 10.6. The first-order chi connectivity index (χ1) is 5.72. The molecule has 0 bridgehead atoms. The second-order valence-electron chi connectivity index (χ2n) is 2.33. The van der Waals surface area contributed by atoms with Crippen molar-refractivity contribution in [3.05, 3.63) is 29.8 Å². The maximum absolute atomic E-state index is 10.2. The lowest BCUT2D eigenvalue weighted by molar-refractivity contribution is 0.210. The number of carboxylic acid groups (broad SMARTS) is 1. The van der Waals surface area contributed by atoms with Crippen LogP contribution < -0.4 is 11.1 Å². The Hall–Kier alpha value is -1.55. The van der Waals surface area contributed by atoms with Crippen molar-refractivity contribution in [3.63, 3.8) is 0 Å². The summed E-state index contributed by atoms with van der Waals surface area (Å²) in [4.78, 5) is 10.2. The van der Waals surface area contributed by atoms with Crippen molar-refractivity contribution in [3.8, 4) is 0 Å². The average Bonchev–Trinajstić information content (AvgIpc) is 2.05. The summed E-state index contributed by atoms with van der Waals surface area (Å²) in [5.74, 6) is 0. The fourth-order valence-electron chi connectivity index (χ4n) is 0.848. The molecule has 1 aromatic rings. The minimum atomic E-state index is -1.06. The van der Waals surface area contributed by atoms with E-state index < -0.39 is 6.09 Å². The van der Waals surface area contributed by atoms with Crippen LogP contribution in [-0.2, 0) is 6.54 Å². The van der Waals surface area contributed by atoms with Crippen LogP contribution in [0.1, 0.15) is 5.56 Å². The van der Waals surface area contributed by atoms with E-state index in [4.69, 9.17) is 10.8 Å². The minimum absolute atomic E-state index is 0.466. The van der Waals surface area contributed by atoms with E-state index in [9.17, 15) is 4.79 Å². The Balaban J connectivity index is 2.71. The van der Waals surface area contributed by atoms with Gasteiger partial charge in [-0.15, -0.1) is 0 Å². The van der Waals surface area contributed by atoms with E-state index in [0.717, 1.165) is 5.56 Å². The number of anilines is 1. The van der Waals surface area contributed by atoms with Crippen molar-refractivity contribution in [1.82, 2.24) is 0 Å². The highest BCUT2D eigenvalue weighted by Crippen LogP contribution is 2.08. The van der Waals surface area contributed by atoms with Gasteiger partial charge in [0.25, 0.3) is 0 Å². The lowest BCUT2D eigenvalue weighted by atomic mass is 10.2. The van der Waals surface area contributed by atoms with Gasteiger partial charge in [-0.2, -0.15) is 0 Å². The first kappa shape index (κ1) is 8.55. The van der Waals surface area contributed by atoms with E-state index in [1.54, 1.807) is 24.3 Å². The quantitative estimate of drug-likeness (QED) is 0.618. The molecule has 0 atom stereocenters. The van der Waals surface area contributed by atoms with Crippen molar-refractivity contribution in [1.29, 1.82) is 0 Å². The predicted molar refractivity (Wildman–Crippen MR) is 46.0 cm³/mol. The number of benzene rings is 1. The summed E-state index contributed by atoms with van der Waals surface area (Å²) in [6.07, 6.45) is -1.06. The molecule has 0 saturated heterocycles. The zero-order valence-corrected chi connectivity index (χ0v) is 6.45. The highest BCUT2D eigenvalue weighted by atomic mass is 16.4. The van der Waals surface area contributed by atoms with Gasteiger partial charge >= 0.3 is 6.09 Å². The highest BCUT2D eigenvalue weighted by Gasteiger charge is 1.96. The maximum atomic E-state index is 10.2. The Kier molecular flexibility index (Phi) is 2.66. The van der Waals surface area contributed by atoms with Crippen LogP contribution in [0.5, 0.6) is 0 Å². The Labute approximate surface area is 70.0 Å². The molecular formula is C8H10N2O2. The largest absolute Gasteiger partial charge is 0.465 e. The van der Waals surface area contributed by atoms with Crippen LogP contribution in [0.3, 0.4) is 0 Å². The molecule has 64 valence electrons. The number of hydrogen-bond acceptors (Lipinski definition) is 2. The smallest absolute Gasteiger partial charge is 0.409 e. The van der Waals surface area contributed by atoms with Crippen LogP contribution in [0.4, 0.5) is 10.5 Å². The summed E-state index contributed by atoms with van der Waals surface area (Å²) in [6.45, 7) is 0.466. The number of nitrogens with one attached hydrogen (secondary N) is 1. The molecule has 0 aromatic heterocycles. The summed E-state index contributed by atoms with van der Waals surface area (Å²) in [5.41, 5.74) is 6.90. The Morgan fingerprint density at radius 2 is 2.00 bits per heavy atom. The zero-order chi connectivity index (χ0) is 8.97. The average molecular weight is 166 g/mol. The van der Waals surface area contributed by atoms with Crippen LogP contribution >= 0.6 is 0 Å². The van der Waals surface area contributed by atoms with E-state index in [-0.39, 0.29) is 0 Å². The molecule has 0 unspecified atom stereocenters. The van der Waals surface area contributed by atoms with Gasteiger partial charge in [0.2, 0.25) is 0 Å². The monoisotopic (exact) mass is 166 g/mol. The number of rotatable bonds is 2. The van der Waals surface area contributed by atoms with E-state index in [1.807, 2.05) is 0 Å². The SMILES string of the molecule is NCc1ccc(NC(=O)O)cc1. The fraction of sp³-hybridized carbons (Fsp3) is 0.125. The third-order valence-corrected chi connectivity index (χ3v) is 1.44. The van der Waals surface area contributed by atoms with Crippen molar-refractivity contribution in [2.45, 2.75) is 6.54 Å². The third kappa shape index (κ3) is 2.25. The summed E-state index contributed by atoms with van der Waals surface area (Å²) >= 11 is 0. The van der Waals surface area contributed by atoms with Crippen LogP contribution in [0.25, 0.3) is 0 Å². The first-order valence-electron chi connectivity index (χ1n) is 3.51. The van der Waals surface area contributed by atoms with E-state index in [2.05, 4.69) is 5.32 Å². The normalized spacial score (nSPS) is 9.42. The topological polar surface area (TPSA) is 75.3 Å². The second-order valence-corrected chi connectivity index (χ2v) is 2.33. The van der Waals surface area contributed by atoms with Crippen LogP contribution in [0.2, 0.25) is 0 Å². The molecule has 4 heteroatoms. The summed E-state index contributed by atoms with van der Waals surface area (Å²) < 4.78 is 0. The van der Waals surface area contributed by atoms with Gasteiger partial charge in [-0.1, -0.05) is 12.1 Å². The molecule has 4 nitrogen and oxygen atoms in total. The molecule has 0 radical (unpaired) electrons. The predicted octanol–water partition coefficient (Wildman–Crippen LogP) is 1.24. The van der Waals surface area contributed by atoms with Gasteiger partial charge in [0.1, 0.15) is 0 Å². The Bertz CT molecular complexity index is 269. The van der Waals surface area contributed by atoms with Gasteiger partial charge in [0.05, 0.1) is 0 Å². The van der Waals surface area contributed by atoms with E-state index in [0.29, 0.717) is 12.2 Å². The molecular weight excluding hydrogens is 156 g/mol. The first-order valence-corrected chi connectivity index (χ1v) is 3.51. The van der Waals surface area contributed by atoms with Crippen molar-refractivity contribution in [2.75, 3.05) is 5.32 Å². The molecule has 0 aliphatic heterocycles. The Morgan fingerprint density at radius 1 is 1.42 bits per heavy atom. The molecule has 0 heterocycles. The molecule has 0 saturated carbocycles. The zero-order valence-electron chi connectivity index (χ0n) is 6.45. The molecule has 0 aliphatic carbocycles. The molecule has 0 spiro atoms. The lowest BCUT2D eigenvalue weighted by Crippen LogP contribution is -2.07. The standard InChI is InChI=1S/C8H10N2O2/c9-5-6-1-3-7(4-2-6)10-8(11)12/h1-4,10H,5,9H2,(H,11,12). The number of carbonyl (C=O) groups is 1. The third-order valence-electron chi connectivity index (χ3n) is 1.44. The molecule has 0 fully saturated rings. The lowest BCUT2D eigenvalue weighted by Gasteiger charge is -2.00. The van der Waals surface area contributed by atoms with Gasteiger partial charge in [0, 0.05) is 12.2 Å². The second kappa shape index (κ2) is 3.73. The van der Waals surface area contributed by atoms with Crippen LogP contribution in [0, 0.1) is 0 Å². The van der Waals surface area contributed by atoms with Crippen LogP contribution in [-0.4, -0.2) is 11.2 Å². The van der Waals surface area contributed by atoms with Gasteiger partial charge in [-0.05, 0) is 17.7 Å². The number of nitrogens with two attached hydrogens (primary N) is 1. The van der Waals surface area contributed by atoms with Gasteiger partial charge < -0.3 is 10.8 Å². The summed E-state index contributed by atoms with van der Waals surface area (Å²) in [7, 11) is 0. The maximum Gasteiger partial charge on any atom is 0.409 e. The molecule has 1 aromatic carbocycles. The molecule has 12 heavy (non-hydrogen) atoms. The van der Waals surface area contributed by atoms with Crippen molar-refractivity contribution in [2.24, 2.45) is 5.73 Å². The summed E-state index contributed by atoms with van der Waals surface area (Å²) in [6, 6.07) is 6.92.